The van der Waals surface area contributed by atoms with E-state index in [1.165, 1.54) is 12.2 Å². The highest BCUT2D eigenvalue weighted by Gasteiger charge is 2.27. The monoisotopic (exact) mass is 328 g/mol. The summed E-state index contributed by atoms with van der Waals surface area (Å²) in [4.78, 5) is 36.4. The molecule has 0 spiro atoms. The Morgan fingerprint density at radius 3 is 2.54 bits per heavy atom. The van der Waals surface area contributed by atoms with E-state index in [1.807, 2.05) is 19.9 Å². The van der Waals surface area contributed by atoms with Gasteiger partial charge in [-0.25, -0.2) is 4.79 Å². The van der Waals surface area contributed by atoms with Crippen molar-refractivity contribution in [3.8, 4) is 0 Å². The molecule has 1 aliphatic heterocycles. The fraction of sp³-hybridized carbons (Fsp3) is 0.450. The summed E-state index contributed by atoms with van der Waals surface area (Å²) >= 11 is 0. The van der Waals surface area contributed by atoms with Crippen LogP contribution in [0.4, 0.5) is 0 Å². The number of allylic oxidation sites excluding steroid dienone is 4. The van der Waals surface area contributed by atoms with Gasteiger partial charge in [0.25, 0.3) is 0 Å². The highest BCUT2D eigenvalue weighted by atomic mass is 16.5. The van der Waals surface area contributed by atoms with Gasteiger partial charge >= 0.3 is 5.97 Å². The predicted octanol–water partition coefficient (Wildman–Crippen LogP) is 3.64. The quantitative estimate of drug-likeness (QED) is 0.545. The molecule has 0 aromatic heterocycles. The number of ether oxygens (including phenoxy) is 1. The minimum Gasteiger partial charge on any atom is -0.454 e. The molecular formula is C20H24O4. The molecule has 4 nitrogen and oxygen atoms in total. The largest absolute Gasteiger partial charge is 0.454 e. The Morgan fingerprint density at radius 2 is 1.88 bits per heavy atom. The summed E-state index contributed by atoms with van der Waals surface area (Å²) < 4.78 is 5.36. The van der Waals surface area contributed by atoms with Crippen molar-refractivity contribution < 1.29 is 19.1 Å². The molecule has 2 rings (SSSR count). The number of carbonyl (C=O) groups is 3. The molecule has 4 heteroatoms. The molecule has 1 aliphatic carbocycles. The normalized spacial score (nSPS) is 26.1. The molecule has 2 atom stereocenters. The van der Waals surface area contributed by atoms with Crippen molar-refractivity contribution in [1.29, 1.82) is 0 Å². The fourth-order valence-corrected chi connectivity index (χ4v) is 3.02. The molecule has 0 saturated carbocycles. The minimum atomic E-state index is -0.311. The first-order valence-corrected chi connectivity index (χ1v) is 8.26. The third-order valence-corrected chi connectivity index (χ3v) is 4.51. The van der Waals surface area contributed by atoms with Crippen molar-refractivity contribution in [2.45, 2.75) is 52.6 Å². The van der Waals surface area contributed by atoms with E-state index in [9.17, 15) is 14.4 Å². The lowest BCUT2D eigenvalue weighted by Crippen LogP contribution is -2.12. The minimum absolute atomic E-state index is 0.0103. The molecule has 128 valence electrons. The maximum Gasteiger partial charge on any atom is 0.334 e. The summed E-state index contributed by atoms with van der Waals surface area (Å²) in [5.41, 5.74) is 2.85. The highest BCUT2D eigenvalue weighted by Crippen LogP contribution is 2.28. The standard InChI is InChI=1S/C20H24O4/c1-12(2)15-5-6-16-10-18(24-20(16)23)8-13(3)7-17(21)9-14(4)19(22)11-15/h7,9-10,15,18H,1,5-6,8,11H2,2-4H3. The van der Waals surface area contributed by atoms with Gasteiger partial charge in [-0.3, -0.25) is 9.59 Å². The Kier molecular flexibility index (Phi) is 5.71. The molecule has 0 N–H and O–H groups in total. The summed E-state index contributed by atoms with van der Waals surface area (Å²) in [6.07, 6.45) is 6.46. The number of carbonyl (C=O) groups excluding carboxylic acids is 3. The summed E-state index contributed by atoms with van der Waals surface area (Å²) in [5, 5.41) is 0. The molecule has 0 fully saturated rings. The van der Waals surface area contributed by atoms with Crippen LogP contribution in [-0.2, 0) is 19.1 Å². The Bertz CT molecular complexity index is 676. The number of esters is 1. The van der Waals surface area contributed by atoms with Crippen LogP contribution in [0, 0.1) is 5.92 Å². The first-order chi connectivity index (χ1) is 11.3. The van der Waals surface area contributed by atoms with Crippen molar-refractivity contribution in [1.82, 2.24) is 0 Å². The zero-order chi connectivity index (χ0) is 17.9. The Labute approximate surface area is 143 Å². The third-order valence-electron chi connectivity index (χ3n) is 4.51. The second-order valence-corrected chi connectivity index (χ2v) is 6.77. The van der Waals surface area contributed by atoms with Crippen LogP contribution in [0.1, 0.15) is 46.5 Å². The van der Waals surface area contributed by atoms with Gasteiger partial charge in [-0.2, -0.15) is 0 Å². The molecule has 0 aromatic carbocycles. The summed E-state index contributed by atoms with van der Waals surface area (Å²) in [6, 6.07) is 0. The molecule has 0 amide bonds. The van der Waals surface area contributed by atoms with E-state index in [0.717, 1.165) is 11.1 Å². The van der Waals surface area contributed by atoms with E-state index < -0.39 is 0 Å². The molecule has 0 saturated heterocycles. The smallest absolute Gasteiger partial charge is 0.334 e. The van der Waals surface area contributed by atoms with Gasteiger partial charge in [0.2, 0.25) is 0 Å². The predicted molar refractivity (Wildman–Crippen MR) is 92.3 cm³/mol. The SMILES string of the molecule is C=C(C)C1CCC2=CC(CC(C)=CC(=O)C=C(C)C(=O)C1)OC2=O. The van der Waals surface area contributed by atoms with Gasteiger partial charge in [-0.05, 0) is 63.3 Å². The number of ketones is 2. The average Bonchev–Trinajstić information content (AvgIpc) is 2.81. The van der Waals surface area contributed by atoms with Crippen molar-refractivity contribution in [3.63, 3.8) is 0 Å². The second-order valence-electron chi connectivity index (χ2n) is 6.77. The summed E-state index contributed by atoms with van der Waals surface area (Å²) in [5.74, 6) is -0.574. The lowest BCUT2D eigenvalue weighted by atomic mass is 9.87. The van der Waals surface area contributed by atoms with E-state index in [0.29, 0.717) is 36.8 Å². The Morgan fingerprint density at radius 1 is 1.17 bits per heavy atom. The number of rotatable bonds is 1. The lowest BCUT2D eigenvalue weighted by molar-refractivity contribution is -0.139. The molecular weight excluding hydrogens is 304 g/mol. The van der Waals surface area contributed by atoms with Crippen LogP contribution in [0.2, 0.25) is 0 Å². The van der Waals surface area contributed by atoms with Crippen LogP contribution >= 0.6 is 0 Å². The van der Waals surface area contributed by atoms with Gasteiger partial charge in [-0.1, -0.05) is 17.7 Å². The van der Waals surface area contributed by atoms with Crippen LogP contribution in [0.15, 0.2) is 47.1 Å². The van der Waals surface area contributed by atoms with Crippen LogP contribution in [0.25, 0.3) is 0 Å². The van der Waals surface area contributed by atoms with E-state index in [-0.39, 0.29) is 29.6 Å². The van der Waals surface area contributed by atoms with Crippen LogP contribution < -0.4 is 0 Å². The molecule has 0 radical (unpaired) electrons. The van der Waals surface area contributed by atoms with Gasteiger partial charge in [0, 0.05) is 18.4 Å². The second kappa shape index (κ2) is 7.56. The van der Waals surface area contributed by atoms with E-state index in [1.54, 1.807) is 6.92 Å². The molecule has 2 aliphatic rings. The summed E-state index contributed by atoms with van der Waals surface area (Å²) in [6.45, 7) is 9.35. The molecule has 1 heterocycles. The molecule has 0 aromatic rings. The van der Waals surface area contributed by atoms with E-state index in [2.05, 4.69) is 6.58 Å². The van der Waals surface area contributed by atoms with Crippen LogP contribution in [0.5, 0.6) is 0 Å². The van der Waals surface area contributed by atoms with Gasteiger partial charge in [0.1, 0.15) is 6.10 Å². The van der Waals surface area contributed by atoms with E-state index in [4.69, 9.17) is 4.74 Å². The molecule has 24 heavy (non-hydrogen) atoms. The van der Waals surface area contributed by atoms with Crippen molar-refractivity contribution in [3.05, 3.63) is 47.1 Å². The van der Waals surface area contributed by atoms with Crippen LogP contribution in [0.3, 0.4) is 0 Å². The zero-order valence-corrected chi connectivity index (χ0v) is 14.6. The highest BCUT2D eigenvalue weighted by molar-refractivity contribution is 6.07. The Balaban J connectivity index is 2.32. The topological polar surface area (TPSA) is 60.4 Å². The third kappa shape index (κ3) is 4.63. The first-order valence-electron chi connectivity index (χ1n) is 8.26. The number of hydrogen-bond acceptors (Lipinski definition) is 4. The maximum absolute atomic E-state index is 12.4. The maximum atomic E-state index is 12.4. The van der Waals surface area contributed by atoms with E-state index >= 15 is 0 Å². The average molecular weight is 328 g/mol. The van der Waals surface area contributed by atoms with Crippen molar-refractivity contribution in [2.75, 3.05) is 0 Å². The van der Waals surface area contributed by atoms with Gasteiger partial charge in [0.05, 0.1) is 0 Å². The lowest BCUT2D eigenvalue weighted by Gasteiger charge is -2.16. The first kappa shape index (κ1) is 18.1. The summed E-state index contributed by atoms with van der Waals surface area (Å²) in [7, 11) is 0. The van der Waals surface area contributed by atoms with Gasteiger partial charge in [0.15, 0.2) is 11.6 Å². The fourth-order valence-electron chi connectivity index (χ4n) is 3.02. The van der Waals surface area contributed by atoms with Gasteiger partial charge < -0.3 is 4.74 Å². The molecule has 2 unspecified atom stereocenters. The number of hydrogen-bond donors (Lipinski definition) is 0. The Hall–Kier alpha value is -2.23. The zero-order valence-electron chi connectivity index (χ0n) is 14.6. The van der Waals surface area contributed by atoms with Crippen LogP contribution in [-0.4, -0.2) is 23.6 Å². The van der Waals surface area contributed by atoms with Gasteiger partial charge in [-0.15, -0.1) is 0 Å². The number of Topliss-reactive ketones (excluding diaryl/α,β-unsaturated/α-hetero) is 1. The molecule has 2 bridgehead atoms. The van der Waals surface area contributed by atoms with Crippen molar-refractivity contribution in [2.24, 2.45) is 5.92 Å². The number of fused-ring (bicyclic) bond motifs is 1. The van der Waals surface area contributed by atoms with Crippen molar-refractivity contribution >= 4 is 17.5 Å².